The minimum atomic E-state index is 0.243. The lowest BCUT2D eigenvalue weighted by molar-refractivity contribution is 0.102. The van der Waals surface area contributed by atoms with Gasteiger partial charge in [0.05, 0.1) is 5.75 Å². The quantitative estimate of drug-likeness (QED) is 0.536. The molecule has 3 heteroatoms. The summed E-state index contributed by atoms with van der Waals surface area (Å²) in [6.45, 7) is 11.7. The average molecular weight is 279 g/mol. The third kappa shape index (κ3) is 5.37. The molecule has 0 amide bonds. The van der Waals surface area contributed by atoms with E-state index in [2.05, 4.69) is 32.6 Å². The van der Waals surface area contributed by atoms with E-state index in [1.165, 1.54) is 11.1 Å². The van der Waals surface area contributed by atoms with Crippen LogP contribution < -0.4 is 0 Å². The summed E-state index contributed by atoms with van der Waals surface area (Å²) in [5, 5.41) is 0. The Bertz CT molecular complexity index is 413. The topological polar surface area (TPSA) is 20.3 Å². The number of carbonyl (C=O) groups is 1. The van der Waals surface area contributed by atoms with Crippen molar-refractivity contribution in [2.75, 3.05) is 31.1 Å². The van der Waals surface area contributed by atoms with E-state index in [-0.39, 0.29) is 5.78 Å². The summed E-state index contributed by atoms with van der Waals surface area (Å²) in [7, 11) is 0. The molecule has 0 N–H and O–H groups in total. The molecule has 0 bridgehead atoms. The predicted molar refractivity (Wildman–Crippen MR) is 85.4 cm³/mol. The molecule has 0 spiro atoms. The molecule has 0 aliphatic carbocycles. The molecular weight excluding hydrogens is 254 g/mol. The summed E-state index contributed by atoms with van der Waals surface area (Å²) in [5.74, 6) is 1.86. The van der Waals surface area contributed by atoms with Crippen molar-refractivity contribution in [3.63, 3.8) is 0 Å². The Morgan fingerprint density at radius 3 is 2.42 bits per heavy atom. The van der Waals surface area contributed by atoms with Crippen LogP contribution in [0.3, 0.4) is 0 Å². The Kier molecular flexibility index (Phi) is 7.17. The number of thioether (sulfide) groups is 1. The molecule has 0 heterocycles. The molecule has 0 aliphatic heterocycles. The van der Waals surface area contributed by atoms with Gasteiger partial charge in [-0.1, -0.05) is 26.0 Å². The number of Topliss-reactive ketones (excluding diaryl/α,β-unsaturated/α-hetero) is 1. The highest BCUT2D eigenvalue weighted by atomic mass is 32.2. The van der Waals surface area contributed by atoms with E-state index in [9.17, 15) is 4.79 Å². The van der Waals surface area contributed by atoms with Crippen molar-refractivity contribution >= 4 is 17.5 Å². The van der Waals surface area contributed by atoms with Crippen molar-refractivity contribution in [3.8, 4) is 0 Å². The largest absolute Gasteiger partial charge is 0.303 e. The molecule has 2 nitrogen and oxygen atoms in total. The number of carbonyl (C=O) groups excluding carboxylic acids is 1. The summed E-state index contributed by atoms with van der Waals surface area (Å²) >= 11 is 1.73. The lowest BCUT2D eigenvalue weighted by Gasteiger charge is -2.17. The van der Waals surface area contributed by atoms with Gasteiger partial charge in [0.25, 0.3) is 0 Å². The van der Waals surface area contributed by atoms with Gasteiger partial charge in [0.2, 0.25) is 0 Å². The minimum Gasteiger partial charge on any atom is -0.303 e. The number of hydrogen-bond donors (Lipinski definition) is 0. The Hall–Kier alpha value is -0.800. The van der Waals surface area contributed by atoms with E-state index in [4.69, 9.17) is 0 Å². The number of ketones is 1. The van der Waals surface area contributed by atoms with Crippen LogP contribution in [0.15, 0.2) is 18.2 Å². The first kappa shape index (κ1) is 16.3. The van der Waals surface area contributed by atoms with Gasteiger partial charge in [-0.15, -0.1) is 0 Å². The van der Waals surface area contributed by atoms with E-state index < -0.39 is 0 Å². The maximum absolute atomic E-state index is 12.1. The normalized spacial score (nSPS) is 11.0. The van der Waals surface area contributed by atoms with Gasteiger partial charge in [0.1, 0.15) is 0 Å². The molecule has 0 fully saturated rings. The summed E-state index contributed by atoms with van der Waals surface area (Å²) in [5.41, 5.74) is 3.28. The lowest BCUT2D eigenvalue weighted by atomic mass is 10.0. The van der Waals surface area contributed by atoms with E-state index in [0.717, 1.165) is 31.0 Å². The highest BCUT2D eigenvalue weighted by Gasteiger charge is 2.07. The number of nitrogens with zero attached hydrogens (tertiary/aromatic N) is 1. The molecule has 0 aliphatic rings. The van der Waals surface area contributed by atoms with Crippen molar-refractivity contribution in [2.45, 2.75) is 27.7 Å². The van der Waals surface area contributed by atoms with Crippen molar-refractivity contribution in [1.82, 2.24) is 4.90 Å². The molecule has 0 radical (unpaired) electrons. The van der Waals surface area contributed by atoms with Gasteiger partial charge in [-0.3, -0.25) is 4.79 Å². The molecule has 19 heavy (non-hydrogen) atoms. The fourth-order valence-corrected chi connectivity index (χ4v) is 2.78. The van der Waals surface area contributed by atoms with E-state index in [1.807, 2.05) is 18.2 Å². The molecule has 106 valence electrons. The van der Waals surface area contributed by atoms with Gasteiger partial charge in [-0.05, 0) is 44.1 Å². The maximum Gasteiger partial charge on any atom is 0.172 e. The number of benzene rings is 1. The summed E-state index contributed by atoms with van der Waals surface area (Å²) in [6, 6.07) is 5.97. The first-order chi connectivity index (χ1) is 9.08. The first-order valence-corrected chi connectivity index (χ1v) is 8.14. The Morgan fingerprint density at radius 2 is 1.84 bits per heavy atom. The Morgan fingerprint density at radius 1 is 1.16 bits per heavy atom. The molecule has 0 atom stereocenters. The smallest absolute Gasteiger partial charge is 0.172 e. The highest BCUT2D eigenvalue weighted by molar-refractivity contribution is 8.00. The fourth-order valence-electron chi connectivity index (χ4n) is 1.90. The van der Waals surface area contributed by atoms with Crippen LogP contribution >= 0.6 is 11.8 Å². The SMILES string of the molecule is CCN(CC)CCSCC(=O)c1ccc(C)c(C)c1. The van der Waals surface area contributed by atoms with Crippen molar-refractivity contribution < 1.29 is 4.79 Å². The van der Waals surface area contributed by atoms with Gasteiger partial charge in [-0.2, -0.15) is 11.8 Å². The third-order valence-corrected chi connectivity index (χ3v) is 4.45. The molecule has 0 aromatic heterocycles. The van der Waals surface area contributed by atoms with E-state index >= 15 is 0 Å². The second kappa shape index (κ2) is 8.39. The Balaban J connectivity index is 2.37. The van der Waals surface area contributed by atoms with Crippen LogP contribution in [0.1, 0.15) is 35.3 Å². The number of hydrogen-bond acceptors (Lipinski definition) is 3. The number of rotatable bonds is 8. The minimum absolute atomic E-state index is 0.243. The molecule has 0 saturated carbocycles. The third-order valence-electron chi connectivity index (χ3n) is 3.51. The van der Waals surface area contributed by atoms with Gasteiger partial charge >= 0.3 is 0 Å². The Labute approximate surface area is 121 Å². The zero-order valence-corrected chi connectivity index (χ0v) is 13.3. The molecule has 0 unspecified atom stereocenters. The summed E-state index contributed by atoms with van der Waals surface area (Å²) in [4.78, 5) is 14.4. The summed E-state index contributed by atoms with van der Waals surface area (Å²) in [6.07, 6.45) is 0. The monoisotopic (exact) mass is 279 g/mol. The average Bonchev–Trinajstić information content (AvgIpc) is 2.42. The molecule has 1 aromatic rings. The van der Waals surface area contributed by atoms with Gasteiger partial charge < -0.3 is 4.90 Å². The van der Waals surface area contributed by atoms with Crippen LogP contribution in [0.5, 0.6) is 0 Å². The van der Waals surface area contributed by atoms with Crippen LogP contribution in [-0.2, 0) is 0 Å². The molecular formula is C16H25NOS. The first-order valence-electron chi connectivity index (χ1n) is 6.99. The number of aryl methyl sites for hydroxylation is 2. The van der Waals surface area contributed by atoms with E-state index in [0.29, 0.717) is 5.75 Å². The van der Waals surface area contributed by atoms with Gasteiger partial charge in [0, 0.05) is 17.9 Å². The van der Waals surface area contributed by atoms with E-state index in [1.54, 1.807) is 11.8 Å². The van der Waals surface area contributed by atoms with Crippen LogP contribution in [0.4, 0.5) is 0 Å². The molecule has 1 aromatic carbocycles. The maximum atomic E-state index is 12.1. The van der Waals surface area contributed by atoms with Crippen LogP contribution in [0, 0.1) is 13.8 Å². The van der Waals surface area contributed by atoms with Crippen molar-refractivity contribution in [1.29, 1.82) is 0 Å². The van der Waals surface area contributed by atoms with Gasteiger partial charge in [0.15, 0.2) is 5.78 Å². The van der Waals surface area contributed by atoms with Crippen LogP contribution in [0.25, 0.3) is 0 Å². The summed E-state index contributed by atoms with van der Waals surface area (Å²) < 4.78 is 0. The zero-order chi connectivity index (χ0) is 14.3. The van der Waals surface area contributed by atoms with Gasteiger partial charge in [-0.25, -0.2) is 0 Å². The van der Waals surface area contributed by atoms with Crippen molar-refractivity contribution in [2.24, 2.45) is 0 Å². The second-order valence-electron chi connectivity index (χ2n) is 4.80. The fraction of sp³-hybridized carbons (Fsp3) is 0.562. The predicted octanol–water partition coefficient (Wildman–Crippen LogP) is 3.56. The lowest BCUT2D eigenvalue weighted by Crippen LogP contribution is -2.25. The highest BCUT2D eigenvalue weighted by Crippen LogP contribution is 2.13. The van der Waals surface area contributed by atoms with Crippen molar-refractivity contribution in [3.05, 3.63) is 34.9 Å². The second-order valence-corrected chi connectivity index (χ2v) is 5.91. The standard InChI is InChI=1S/C16H25NOS/c1-5-17(6-2)9-10-19-12-16(18)15-8-7-13(3)14(4)11-15/h7-8,11H,5-6,9-10,12H2,1-4H3. The van der Waals surface area contributed by atoms with Crippen LogP contribution in [0.2, 0.25) is 0 Å². The molecule has 1 rings (SSSR count). The van der Waals surface area contributed by atoms with Crippen LogP contribution in [-0.4, -0.2) is 41.8 Å². The molecule has 0 saturated heterocycles. The zero-order valence-electron chi connectivity index (χ0n) is 12.5.